The first-order valence-electron chi connectivity index (χ1n) is 7.77. The first-order valence-corrected chi connectivity index (χ1v) is 8.74. The summed E-state index contributed by atoms with van der Waals surface area (Å²) in [4.78, 5) is 29.8. The molecule has 3 aromatic heterocycles. The second-order valence-electron chi connectivity index (χ2n) is 5.51. The molecule has 0 aliphatic heterocycles. The van der Waals surface area contributed by atoms with Gasteiger partial charge in [-0.1, -0.05) is 6.07 Å². The Kier molecular flexibility index (Phi) is 6.10. The topological polar surface area (TPSA) is 155 Å². The molecule has 0 bridgehead atoms. The van der Waals surface area contributed by atoms with Gasteiger partial charge in [-0.2, -0.15) is 0 Å². The summed E-state index contributed by atoms with van der Waals surface area (Å²) < 4.78 is 1.62. The fraction of sp³-hybridized carbons (Fsp3) is 0.125. The highest BCUT2D eigenvalue weighted by atomic mass is 127. The Balaban J connectivity index is 1.71. The second kappa shape index (κ2) is 8.71. The van der Waals surface area contributed by atoms with Gasteiger partial charge in [-0.05, 0) is 23.8 Å². The lowest BCUT2D eigenvalue weighted by molar-refractivity contribution is -0.136. The van der Waals surface area contributed by atoms with Gasteiger partial charge in [-0.3, -0.25) is 14.8 Å². The summed E-state index contributed by atoms with van der Waals surface area (Å²) in [5.41, 5.74) is 1.70. The summed E-state index contributed by atoms with van der Waals surface area (Å²) >= 11 is 1.94. The van der Waals surface area contributed by atoms with Gasteiger partial charge < -0.3 is 10.2 Å². The summed E-state index contributed by atoms with van der Waals surface area (Å²) in [6.45, 7) is 0.344. The molecular weight excluding hydrogens is 481 g/mol. The van der Waals surface area contributed by atoms with Gasteiger partial charge in [0.25, 0.3) is 0 Å². The Hall–Kier alpha value is -3.13. The fourth-order valence-corrected chi connectivity index (χ4v) is 2.82. The molecule has 0 aliphatic carbocycles. The highest BCUT2D eigenvalue weighted by Gasteiger charge is 2.11. The van der Waals surface area contributed by atoms with Crippen molar-refractivity contribution in [3.8, 4) is 23.0 Å². The Bertz CT molecular complexity index is 981. The molecule has 0 radical (unpaired) electrons. The van der Waals surface area contributed by atoms with Gasteiger partial charge in [0.05, 0.1) is 5.56 Å². The number of halogens is 1. The number of aromatic nitrogens is 6. The lowest BCUT2D eigenvalue weighted by atomic mass is 10.2. The molecule has 0 spiro atoms. The maximum absolute atomic E-state index is 10.8. The number of aliphatic carboxylic acids is 1. The van der Waals surface area contributed by atoms with E-state index in [0.717, 1.165) is 5.56 Å². The van der Waals surface area contributed by atoms with Gasteiger partial charge in [0.15, 0.2) is 0 Å². The van der Waals surface area contributed by atoms with Crippen molar-refractivity contribution in [1.82, 2.24) is 33.5 Å². The van der Waals surface area contributed by atoms with Crippen LogP contribution in [0, 0.1) is 0 Å². The predicted octanol–water partition coefficient (Wildman–Crippen LogP) is 1.33. The van der Waals surface area contributed by atoms with Crippen LogP contribution in [-0.4, -0.2) is 62.2 Å². The van der Waals surface area contributed by atoms with Crippen LogP contribution in [0.15, 0.2) is 36.7 Å². The van der Waals surface area contributed by atoms with Crippen LogP contribution in [0.3, 0.4) is 0 Å². The Morgan fingerprint density at radius 3 is 1.89 bits per heavy atom. The Labute approximate surface area is 172 Å². The minimum Gasteiger partial charge on any atom is -0.480 e. The van der Waals surface area contributed by atoms with E-state index in [1.807, 2.05) is 22.9 Å². The van der Waals surface area contributed by atoms with E-state index >= 15 is 0 Å². The van der Waals surface area contributed by atoms with Gasteiger partial charge in [-0.15, -0.1) is 20.4 Å². The van der Waals surface area contributed by atoms with E-state index in [2.05, 4.69) is 30.4 Å². The number of hydrogen-bond donors (Lipinski definition) is 2. The quantitative estimate of drug-likeness (QED) is 0.362. The van der Waals surface area contributed by atoms with E-state index in [0.29, 0.717) is 17.9 Å². The van der Waals surface area contributed by atoms with Crippen LogP contribution < -0.4 is 0 Å². The van der Waals surface area contributed by atoms with Gasteiger partial charge in [0.2, 0.25) is 11.6 Å². The molecular formula is C16H12IN7O4. The van der Waals surface area contributed by atoms with Gasteiger partial charge in [0.1, 0.15) is 17.9 Å². The average molecular weight is 493 g/mol. The third-order valence-corrected chi connectivity index (χ3v) is 4.12. The normalized spacial score (nSPS) is 10.8. The van der Waals surface area contributed by atoms with Gasteiger partial charge in [0, 0.05) is 41.8 Å². The fourth-order valence-electron chi connectivity index (χ4n) is 2.14. The first kappa shape index (κ1) is 19.6. The molecule has 0 aliphatic rings. The van der Waals surface area contributed by atoms with Crippen LogP contribution in [0.1, 0.15) is 15.9 Å². The SMILES string of the molecule is O=C(O)CN(I)Cc1ccc(-c2nnc(-c3ccc(C(=O)O)cn3)nn2)nc1. The second-order valence-corrected chi connectivity index (χ2v) is 6.87. The smallest absolute Gasteiger partial charge is 0.337 e. The van der Waals surface area contributed by atoms with Crippen molar-refractivity contribution in [2.24, 2.45) is 0 Å². The van der Waals surface area contributed by atoms with Crippen LogP contribution in [0.25, 0.3) is 23.0 Å². The summed E-state index contributed by atoms with van der Waals surface area (Å²) in [6.07, 6.45) is 2.81. The van der Waals surface area contributed by atoms with Crippen LogP contribution in [-0.2, 0) is 11.3 Å². The van der Waals surface area contributed by atoms with E-state index in [4.69, 9.17) is 10.2 Å². The zero-order chi connectivity index (χ0) is 20.1. The molecule has 142 valence electrons. The summed E-state index contributed by atoms with van der Waals surface area (Å²) in [5, 5.41) is 33.5. The molecule has 0 saturated heterocycles. The number of nitrogens with zero attached hydrogens (tertiary/aromatic N) is 7. The molecule has 0 aromatic carbocycles. The average Bonchev–Trinajstić information content (AvgIpc) is 2.68. The highest BCUT2D eigenvalue weighted by Crippen LogP contribution is 2.15. The number of aromatic carboxylic acids is 1. The van der Waals surface area contributed by atoms with E-state index in [1.165, 1.54) is 18.3 Å². The van der Waals surface area contributed by atoms with Crippen LogP contribution in [0.4, 0.5) is 0 Å². The van der Waals surface area contributed by atoms with Crippen molar-refractivity contribution < 1.29 is 19.8 Å². The lowest BCUT2D eigenvalue weighted by Crippen LogP contribution is -2.19. The van der Waals surface area contributed by atoms with Gasteiger partial charge >= 0.3 is 11.9 Å². The number of carboxylic acids is 2. The molecule has 0 fully saturated rings. The summed E-state index contributed by atoms with van der Waals surface area (Å²) in [6, 6.07) is 6.35. The van der Waals surface area contributed by atoms with Gasteiger partial charge in [-0.25, -0.2) is 7.91 Å². The molecule has 28 heavy (non-hydrogen) atoms. The molecule has 3 rings (SSSR count). The number of pyridine rings is 2. The van der Waals surface area contributed by atoms with Crippen molar-refractivity contribution >= 4 is 34.8 Å². The molecule has 0 amide bonds. The molecule has 0 saturated carbocycles. The minimum atomic E-state index is -1.07. The van der Waals surface area contributed by atoms with E-state index in [-0.39, 0.29) is 23.8 Å². The van der Waals surface area contributed by atoms with Crippen LogP contribution in [0.2, 0.25) is 0 Å². The largest absolute Gasteiger partial charge is 0.480 e. The van der Waals surface area contributed by atoms with E-state index in [1.54, 1.807) is 21.4 Å². The Morgan fingerprint density at radius 2 is 1.46 bits per heavy atom. The van der Waals surface area contributed by atoms with Crippen molar-refractivity contribution in [2.45, 2.75) is 6.54 Å². The number of carboxylic acid groups (broad SMARTS) is 2. The van der Waals surface area contributed by atoms with E-state index in [9.17, 15) is 9.59 Å². The maximum atomic E-state index is 10.8. The van der Waals surface area contributed by atoms with E-state index < -0.39 is 11.9 Å². The summed E-state index contributed by atoms with van der Waals surface area (Å²) in [7, 11) is 0. The summed E-state index contributed by atoms with van der Waals surface area (Å²) in [5.74, 6) is -1.60. The number of rotatable bonds is 7. The molecule has 0 unspecified atom stereocenters. The van der Waals surface area contributed by atoms with Crippen molar-refractivity contribution in [1.29, 1.82) is 0 Å². The molecule has 0 atom stereocenters. The first-order chi connectivity index (χ1) is 13.4. The monoisotopic (exact) mass is 493 g/mol. The molecule has 3 heterocycles. The lowest BCUT2D eigenvalue weighted by Gasteiger charge is -2.11. The molecule has 3 aromatic rings. The van der Waals surface area contributed by atoms with Crippen molar-refractivity contribution in [3.05, 3.63) is 47.8 Å². The number of hydrogen-bond acceptors (Lipinski definition) is 9. The van der Waals surface area contributed by atoms with Crippen molar-refractivity contribution in [2.75, 3.05) is 6.54 Å². The maximum Gasteiger partial charge on any atom is 0.337 e. The van der Waals surface area contributed by atoms with Crippen LogP contribution in [0.5, 0.6) is 0 Å². The zero-order valence-corrected chi connectivity index (χ0v) is 16.3. The standard InChI is InChI=1S/C16H12IN7O4/c17-24(8-13(25)26)7-9-1-3-11(18-5-9)14-20-22-15(23-21-14)12-4-2-10(6-19-12)16(27)28/h1-6H,7-8H2,(H,25,26)(H,27,28). The van der Waals surface area contributed by atoms with Crippen molar-refractivity contribution in [3.63, 3.8) is 0 Å². The third kappa shape index (κ3) is 4.98. The molecule has 2 N–H and O–H groups in total. The zero-order valence-electron chi connectivity index (χ0n) is 14.1. The molecule has 11 nitrogen and oxygen atoms in total. The number of carbonyl (C=O) groups is 2. The third-order valence-electron chi connectivity index (χ3n) is 3.43. The Morgan fingerprint density at radius 1 is 0.893 bits per heavy atom. The predicted molar refractivity (Wildman–Crippen MR) is 103 cm³/mol. The highest BCUT2D eigenvalue weighted by molar-refractivity contribution is 14.1. The van der Waals surface area contributed by atoms with Crippen LogP contribution >= 0.6 is 22.9 Å². The molecule has 12 heteroatoms. The minimum absolute atomic E-state index is 0.0546.